The van der Waals surface area contributed by atoms with Gasteiger partial charge in [-0.15, -0.1) is 0 Å². The van der Waals surface area contributed by atoms with Crippen LogP contribution in [0.15, 0.2) is 60.8 Å². The maximum Gasteiger partial charge on any atom is 0.325 e. The first kappa shape index (κ1) is 24.4. The number of rotatable bonds is 9. The fourth-order valence-corrected chi connectivity index (χ4v) is 5.07. The van der Waals surface area contributed by atoms with E-state index in [9.17, 15) is 14.4 Å². The molecule has 2 aromatic heterocycles. The second-order valence-corrected chi connectivity index (χ2v) is 9.45. The van der Waals surface area contributed by atoms with E-state index in [1.165, 1.54) is 5.56 Å². The summed E-state index contributed by atoms with van der Waals surface area (Å²) in [6, 6.07) is 16.4. The van der Waals surface area contributed by atoms with Gasteiger partial charge >= 0.3 is 6.03 Å². The number of hydrogen-bond acceptors (Lipinski definition) is 4. The molecule has 1 fully saturated rings. The van der Waals surface area contributed by atoms with Crippen LogP contribution in [-0.2, 0) is 24.2 Å². The molecule has 5 rings (SSSR count). The summed E-state index contributed by atoms with van der Waals surface area (Å²) >= 11 is 0. The number of ether oxygens (including phenoxy) is 1. The molecule has 3 heterocycles. The number of urea groups is 1. The molecular formula is C29H30N4O4. The number of imide groups is 1. The van der Waals surface area contributed by atoms with Gasteiger partial charge in [0, 0.05) is 47.0 Å². The number of para-hydroxylation sites is 1. The summed E-state index contributed by atoms with van der Waals surface area (Å²) in [4.78, 5) is 43.2. The number of carbonyl (C=O) groups excluding carboxylic acids is 3. The number of fused-ring (bicyclic) bond motifs is 1. The lowest BCUT2D eigenvalue weighted by atomic mass is 10.0. The van der Waals surface area contributed by atoms with E-state index >= 15 is 0 Å². The van der Waals surface area contributed by atoms with Crippen molar-refractivity contribution in [3.05, 3.63) is 88.9 Å². The van der Waals surface area contributed by atoms with Crippen LogP contribution in [0.25, 0.3) is 10.9 Å². The molecular weight excluding hydrogens is 468 g/mol. The lowest BCUT2D eigenvalue weighted by molar-refractivity contribution is -0.127. The normalized spacial score (nSPS) is 15.4. The van der Waals surface area contributed by atoms with Crippen molar-refractivity contribution < 1.29 is 19.1 Å². The van der Waals surface area contributed by atoms with Gasteiger partial charge in [-0.1, -0.05) is 30.3 Å². The van der Waals surface area contributed by atoms with Gasteiger partial charge in [0.1, 0.15) is 11.8 Å². The second kappa shape index (κ2) is 9.97. The average molecular weight is 499 g/mol. The number of aromatic nitrogens is 2. The van der Waals surface area contributed by atoms with Gasteiger partial charge in [0.2, 0.25) is 0 Å². The summed E-state index contributed by atoms with van der Waals surface area (Å²) < 4.78 is 7.32. The Morgan fingerprint density at radius 2 is 1.81 bits per heavy atom. The van der Waals surface area contributed by atoms with Crippen molar-refractivity contribution in [3.63, 3.8) is 0 Å². The van der Waals surface area contributed by atoms with Crippen LogP contribution >= 0.6 is 0 Å². The number of carbonyl (C=O) groups is 3. The number of nitrogens with one attached hydrogen (secondary N) is 2. The molecule has 1 aliphatic heterocycles. The Balaban J connectivity index is 1.25. The topological polar surface area (TPSA) is 96.4 Å². The molecule has 0 aliphatic carbocycles. The summed E-state index contributed by atoms with van der Waals surface area (Å²) in [5.74, 6) is 0.186. The van der Waals surface area contributed by atoms with E-state index < -0.39 is 12.1 Å². The minimum Gasteiger partial charge on any atom is -0.497 e. The van der Waals surface area contributed by atoms with Crippen molar-refractivity contribution in [2.24, 2.45) is 0 Å². The number of aryl methyl sites for hydroxylation is 2. The number of ketones is 1. The van der Waals surface area contributed by atoms with Gasteiger partial charge in [-0.05, 0) is 55.7 Å². The average Bonchev–Trinajstić information content (AvgIpc) is 3.53. The smallest absolute Gasteiger partial charge is 0.325 e. The number of Topliss-reactive ketones (excluding diaryl/α,β-unsaturated/α-hetero) is 1. The molecule has 190 valence electrons. The van der Waals surface area contributed by atoms with Crippen LogP contribution in [0.2, 0.25) is 0 Å². The van der Waals surface area contributed by atoms with Crippen LogP contribution < -0.4 is 10.1 Å². The molecule has 1 saturated heterocycles. The molecule has 1 atom stereocenters. The van der Waals surface area contributed by atoms with Crippen molar-refractivity contribution in [3.8, 4) is 5.75 Å². The van der Waals surface area contributed by atoms with Crippen LogP contribution in [0, 0.1) is 13.8 Å². The summed E-state index contributed by atoms with van der Waals surface area (Å²) in [6.45, 7) is 4.30. The van der Waals surface area contributed by atoms with E-state index in [2.05, 4.69) is 14.9 Å². The van der Waals surface area contributed by atoms with E-state index in [1.807, 2.05) is 74.6 Å². The molecule has 2 aromatic carbocycles. The largest absolute Gasteiger partial charge is 0.497 e. The lowest BCUT2D eigenvalue weighted by Crippen LogP contribution is -2.36. The van der Waals surface area contributed by atoms with Crippen molar-refractivity contribution in [1.29, 1.82) is 0 Å². The number of amides is 3. The van der Waals surface area contributed by atoms with Crippen LogP contribution in [0.1, 0.15) is 32.9 Å². The van der Waals surface area contributed by atoms with Crippen molar-refractivity contribution >= 4 is 28.6 Å². The van der Waals surface area contributed by atoms with Crippen molar-refractivity contribution in [2.45, 2.75) is 39.3 Å². The highest BCUT2D eigenvalue weighted by molar-refractivity contribution is 6.09. The highest BCUT2D eigenvalue weighted by atomic mass is 16.5. The second-order valence-electron chi connectivity index (χ2n) is 9.45. The zero-order valence-corrected chi connectivity index (χ0v) is 21.2. The first-order chi connectivity index (χ1) is 17.9. The highest BCUT2D eigenvalue weighted by Crippen LogP contribution is 2.22. The molecule has 0 saturated carbocycles. The Kier molecular flexibility index (Phi) is 6.56. The first-order valence-corrected chi connectivity index (χ1v) is 12.4. The lowest BCUT2D eigenvalue weighted by Gasteiger charge is -2.13. The van der Waals surface area contributed by atoms with Gasteiger partial charge in [-0.25, -0.2) is 4.79 Å². The number of benzene rings is 2. The molecule has 4 aromatic rings. The zero-order valence-electron chi connectivity index (χ0n) is 21.2. The minimum atomic E-state index is -0.698. The van der Waals surface area contributed by atoms with Crippen LogP contribution in [0.5, 0.6) is 5.75 Å². The Hall–Kier alpha value is -4.33. The van der Waals surface area contributed by atoms with E-state index in [-0.39, 0.29) is 18.2 Å². The molecule has 0 bridgehead atoms. The fraction of sp³-hybridized carbons (Fsp3) is 0.276. The summed E-state index contributed by atoms with van der Waals surface area (Å²) in [7, 11) is 1.64. The van der Waals surface area contributed by atoms with E-state index in [0.717, 1.165) is 44.9 Å². The molecule has 0 unspecified atom stereocenters. The van der Waals surface area contributed by atoms with E-state index in [0.29, 0.717) is 18.5 Å². The number of hydrogen-bond donors (Lipinski definition) is 2. The third kappa shape index (κ3) is 4.74. The Labute approximate surface area is 215 Å². The van der Waals surface area contributed by atoms with Gasteiger partial charge in [-0.2, -0.15) is 0 Å². The highest BCUT2D eigenvalue weighted by Gasteiger charge is 2.39. The zero-order chi connectivity index (χ0) is 26.1. The predicted molar refractivity (Wildman–Crippen MR) is 141 cm³/mol. The standard InChI is InChI=1S/C29H30N4O4/c1-18-14-24(19(2)32(18)13-12-20-8-10-22(37-3)11-9-20)27(34)17-33-28(35)26(31-29(33)36)15-21-16-30-25-7-5-4-6-23(21)25/h4-11,14,16,26,30H,12-13,15,17H2,1-3H3,(H,31,36)/t26-/m1/s1. The molecule has 8 heteroatoms. The summed E-state index contributed by atoms with van der Waals surface area (Å²) in [5, 5.41) is 3.76. The maximum absolute atomic E-state index is 13.2. The molecule has 3 amide bonds. The number of H-pyrrole nitrogens is 1. The van der Waals surface area contributed by atoms with Gasteiger partial charge in [0.25, 0.3) is 5.91 Å². The number of aromatic amines is 1. The number of methoxy groups -OCH3 is 1. The van der Waals surface area contributed by atoms with E-state index in [1.54, 1.807) is 7.11 Å². The van der Waals surface area contributed by atoms with E-state index in [4.69, 9.17) is 4.74 Å². The summed E-state index contributed by atoms with van der Waals surface area (Å²) in [5.41, 5.74) is 5.42. The maximum atomic E-state index is 13.2. The Morgan fingerprint density at radius 3 is 2.57 bits per heavy atom. The van der Waals surface area contributed by atoms with Crippen molar-refractivity contribution in [1.82, 2.24) is 19.8 Å². The SMILES string of the molecule is COc1ccc(CCn2c(C)cc(C(=O)CN3C(=O)N[C@H](Cc4c[nH]c5ccccc45)C3=O)c2C)cc1. The Morgan fingerprint density at radius 1 is 1.05 bits per heavy atom. The monoisotopic (exact) mass is 498 g/mol. The minimum absolute atomic E-state index is 0.250. The van der Waals surface area contributed by atoms with Crippen LogP contribution in [0.4, 0.5) is 4.79 Å². The third-order valence-corrected chi connectivity index (χ3v) is 7.16. The van der Waals surface area contributed by atoms with Gasteiger partial charge in [-0.3, -0.25) is 14.5 Å². The molecule has 8 nitrogen and oxygen atoms in total. The molecule has 1 aliphatic rings. The van der Waals surface area contributed by atoms with Gasteiger partial charge in [0.05, 0.1) is 13.7 Å². The molecule has 2 N–H and O–H groups in total. The molecule has 37 heavy (non-hydrogen) atoms. The molecule has 0 radical (unpaired) electrons. The predicted octanol–water partition coefficient (Wildman–Crippen LogP) is 4.18. The molecule has 0 spiro atoms. The fourth-order valence-electron chi connectivity index (χ4n) is 5.07. The first-order valence-electron chi connectivity index (χ1n) is 12.4. The van der Waals surface area contributed by atoms with Crippen LogP contribution in [-0.4, -0.2) is 51.9 Å². The Bertz CT molecular complexity index is 1480. The van der Waals surface area contributed by atoms with Crippen molar-refractivity contribution in [2.75, 3.05) is 13.7 Å². The van der Waals surface area contributed by atoms with Gasteiger partial charge < -0.3 is 19.6 Å². The third-order valence-electron chi connectivity index (χ3n) is 7.16. The number of nitrogens with zero attached hydrogens (tertiary/aromatic N) is 2. The van der Waals surface area contributed by atoms with Crippen LogP contribution in [0.3, 0.4) is 0 Å². The van der Waals surface area contributed by atoms with Gasteiger partial charge in [0.15, 0.2) is 5.78 Å². The quantitative estimate of drug-likeness (QED) is 0.267. The summed E-state index contributed by atoms with van der Waals surface area (Å²) in [6.07, 6.45) is 3.02.